The Morgan fingerprint density at radius 2 is 1.89 bits per heavy atom. The summed E-state index contributed by atoms with van der Waals surface area (Å²) in [6, 6.07) is 12.0. The summed E-state index contributed by atoms with van der Waals surface area (Å²) in [6.45, 7) is 2.07. The average molecular weight is 405 g/mol. The third kappa shape index (κ3) is 3.53. The number of benzene rings is 2. The lowest BCUT2D eigenvalue weighted by atomic mass is 10.0. The van der Waals surface area contributed by atoms with Crippen LogP contribution in [0, 0.1) is 6.92 Å². The molecule has 2 aromatic carbocycles. The molecule has 0 saturated carbocycles. The predicted octanol–water partition coefficient (Wildman–Crippen LogP) is 5.90. The molecule has 0 aliphatic rings. The van der Waals surface area contributed by atoms with Crippen molar-refractivity contribution in [2.24, 2.45) is 0 Å². The standard InChI is InChI=1S/C15H13Br2ClO/c1-9-5-10(7-11(16)6-9)15(17)13-8-12(18)3-4-14(13)19-2/h3-8,15H,1-2H3. The Labute approximate surface area is 135 Å². The second-order valence-corrected chi connectivity index (χ2v) is 6.58. The highest BCUT2D eigenvalue weighted by Gasteiger charge is 2.16. The van der Waals surface area contributed by atoms with Gasteiger partial charge in [-0.15, -0.1) is 0 Å². The molecule has 0 aliphatic carbocycles. The first-order valence-corrected chi connectivity index (χ1v) is 7.84. The maximum absolute atomic E-state index is 6.08. The number of rotatable bonds is 3. The molecule has 0 aliphatic heterocycles. The van der Waals surface area contributed by atoms with Gasteiger partial charge in [-0.05, 0) is 48.4 Å². The molecule has 0 radical (unpaired) electrons. The van der Waals surface area contributed by atoms with Gasteiger partial charge in [-0.1, -0.05) is 49.5 Å². The molecule has 19 heavy (non-hydrogen) atoms. The second-order valence-electron chi connectivity index (χ2n) is 4.31. The van der Waals surface area contributed by atoms with Crippen molar-refractivity contribution in [3.05, 3.63) is 62.6 Å². The summed E-state index contributed by atoms with van der Waals surface area (Å²) in [7, 11) is 1.67. The molecule has 0 N–H and O–H groups in total. The third-order valence-electron chi connectivity index (χ3n) is 2.82. The van der Waals surface area contributed by atoms with E-state index < -0.39 is 0 Å². The monoisotopic (exact) mass is 402 g/mol. The molecule has 0 fully saturated rings. The van der Waals surface area contributed by atoms with Crippen molar-refractivity contribution in [1.29, 1.82) is 0 Å². The van der Waals surface area contributed by atoms with Gasteiger partial charge < -0.3 is 4.74 Å². The summed E-state index contributed by atoms with van der Waals surface area (Å²) in [4.78, 5) is 0.0392. The molecule has 0 bridgehead atoms. The van der Waals surface area contributed by atoms with E-state index in [0.29, 0.717) is 5.02 Å². The molecule has 2 rings (SSSR count). The minimum absolute atomic E-state index is 0.0392. The SMILES string of the molecule is COc1ccc(Cl)cc1C(Br)c1cc(C)cc(Br)c1. The van der Waals surface area contributed by atoms with Crippen LogP contribution in [0.25, 0.3) is 0 Å². The smallest absolute Gasteiger partial charge is 0.123 e. The summed E-state index contributed by atoms with van der Waals surface area (Å²) in [6.07, 6.45) is 0. The molecular weight excluding hydrogens is 391 g/mol. The van der Waals surface area contributed by atoms with Crippen LogP contribution in [0.15, 0.2) is 40.9 Å². The Kier molecular flexibility index (Phi) is 4.93. The fraction of sp³-hybridized carbons (Fsp3) is 0.200. The van der Waals surface area contributed by atoms with Gasteiger partial charge in [0, 0.05) is 15.1 Å². The number of aryl methyl sites for hydroxylation is 1. The molecule has 1 nitrogen and oxygen atoms in total. The topological polar surface area (TPSA) is 9.23 Å². The summed E-state index contributed by atoms with van der Waals surface area (Å²) in [5.74, 6) is 0.823. The Balaban J connectivity index is 2.48. The van der Waals surface area contributed by atoms with Gasteiger partial charge in [-0.2, -0.15) is 0 Å². The van der Waals surface area contributed by atoms with E-state index in [0.717, 1.165) is 21.3 Å². The van der Waals surface area contributed by atoms with Gasteiger partial charge in [0.05, 0.1) is 11.9 Å². The van der Waals surface area contributed by atoms with Crippen LogP contribution in [0.3, 0.4) is 0 Å². The van der Waals surface area contributed by atoms with Crippen molar-refractivity contribution < 1.29 is 4.74 Å². The van der Waals surface area contributed by atoms with Crippen molar-refractivity contribution in [2.75, 3.05) is 7.11 Å². The molecule has 0 heterocycles. The quantitative estimate of drug-likeness (QED) is 0.579. The van der Waals surface area contributed by atoms with Gasteiger partial charge in [0.15, 0.2) is 0 Å². The van der Waals surface area contributed by atoms with Crippen molar-refractivity contribution in [3.8, 4) is 5.75 Å². The predicted molar refractivity (Wildman–Crippen MR) is 87.7 cm³/mol. The maximum Gasteiger partial charge on any atom is 0.123 e. The molecule has 1 atom stereocenters. The van der Waals surface area contributed by atoms with Crippen LogP contribution < -0.4 is 4.74 Å². The lowest BCUT2D eigenvalue weighted by Gasteiger charge is -2.16. The van der Waals surface area contributed by atoms with Crippen molar-refractivity contribution in [2.45, 2.75) is 11.8 Å². The van der Waals surface area contributed by atoms with Gasteiger partial charge in [-0.3, -0.25) is 0 Å². The van der Waals surface area contributed by atoms with Gasteiger partial charge in [0.1, 0.15) is 5.75 Å². The van der Waals surface area contributed by atoms with Crippen LogP contribution in [0.5, 0.6) is 5.75 Å². The van der Waals surface area contributed by atoms with Crippen LogP contribution in [-0.4, -0.2) is 7.11 Å². The van der Waals surface area contributed by atoms with Crippen molar-refractivity contribution in [1.82, 2.24) is 0 Å². The normalized spacial score (nSPS) is 12.3. The van der Waals surface area contributed by atoms with Crippen molar-refractivity contribution >= 4 is 43.5 Å². The highest BCUT2D eigenvalue weighted by molar-refractivity contribution is 9.10. The van der Waals surface area contributed by atoms with Gasteiger partial charge >= 0.3 is 0 Å². The molecule has 0 saturated heterocycles. The molecule has 0 amide bonds. The number of ether oxygens (including phenoxy) is 1. The first-order valence-electron chi connectivity index (χ1n) is 5.76. The number of hydrogen-bond donors (Lipinski definition) is 0. The highest BCUT2D eigenvalue weighted by Crippen LogP contribution is 2.39. The minimum Gasteiger partial charge on any atom is -0.496 e. The van der Waals surface area contributed by atoms with E-state index in [4.69, 9.17) is 16.3 Å². The van der Waals surface area contributed by atoms with E-state index in [9.17, 15) is 0 Å². The molecular formula is C15H13Br2ClO. The van der Waals surface area contributed by atoms with Crippen LogP contribution >= 0.6 is 43.5 Å². The molecule has 100 valence electrons. The van der Waals surface area contributed by atoms with Crippen LogP contribution in [0.4, 0.5) is 0 Å². The number of halogens is 3. The van der Waals surface area contributed by atoms with Crippen molar-refractivity contribution in [3.63, 3.8) is 0 Å². The van der Waals surface area contributed by atoms with E-state index in [-0.39, 0.29) is 4.83 Å². The Bertz CT molecular complexity index is 578. The third-order valence-corrected chi connectivity index (χ3v) is 4.54. The summed E-state index contributed by atoms with van der Waals surface area (Å²) in [5, 5.41) is 0.701. The molecule has 1 unspecified atom stereocenters. The zero-order valence-electron chi connectivity index (χ0n) is 10.6. The minimum atomic E-state index is 0.0392. The van der Waals surface area contributed by atoms with E-state index in [1.807, 2.05) is 18.2 Å². The van der Waals surface area contributed by atoms with E-state index in [1.165, 1.54) is 5.56 Å². The van der Waals surface area contributed by atoms with Crippen LogP contribution in [0.2, 0.25) is 5.02 Å². The first-order chi connectivity index (χ1) is 9.01. The maximum atomic E-state index is 6.08. The Morgan fingerprint density at radius 3 is 2.53 bits per heavy atom. The lowest BCUT2D eigenvalue weighted by molar-refractivity contribution is 0.410. The number of alkyl halides is 1. The van der Waals surface area contributed by atoms with Gasteiger partial charge in [0.25, 0.3) is 0 Å². The fourth-order valence-corrected chi connectivity index (χ4v) is 3.42. The van der Waals surface area contributed by atoms with E-state index in [1.54, 1.807) is 7.11 Å². The highest BCUT2D eigenvalue weighted by atomic mass is 79.9. The number of methoxy groups -OCH3 is 1. The van der Waals surface area contributed by atoms with Crippen LogP contribution in [0.1, 0.15) is 21.5 Å². The average Bonchev–Trinajstić information content (AvgIpc) is 2.36. The second kappa shape index (κ2) is 6.29. The van der Waals surface area contributed by atoms with E-state index >= 15 is 0 Å². The zero-order valence-corrected chi connectivity index (χ0v) is 14.5. The summed E-state index contributed by atoms with van der Waals surface area (Å²) in [5.41, 5.74) is 3.38. The molecule has 0 spiro atoms. The molecule has 2 aromatic rings. The Hall–Kier alpha value is -0.510. The zero-order chi connectivity index (χ0) is 14.0. The van der Waals surface area contributed by atoms with Crippen LogP contribution in [-0.2, 0) is 0 Å². The summed E-state index contributed by atoms with van der Waals surface area (Å²) < 4.78 is 6.47. The number of hydrogen-bond acceptors (Lipinski definition) is 1. The van der Waals surface area contributed by atoms with Gasteiger partial charge in [-0.25, -0.2) is 0 Å². The lowest BCUT2D eigenvalue weighted by Crippen LogP contribution is -1.98. The van der Waals surface area contributed by atoms with E-state index in [2.05, 4.69) is 57.0 Å². The first kappa shape index (κ1) is 14.9. The molecule has 4 heteroatoms. The molecule has 0 aromatic heterocycles. The fourth-order valence-electron chi connectivity index (χ4n) is 1.99. The summed E-state index contributed by atoms with van der Waals surface area (Å²) >= 11 is 13.3. The largest absolute Gasteiger partial charge is 0.496 e. The van der Waals surface area contributed by atoms with Gasteiger partial charge in [0.2, 0.25) is 0 Å². The Morgan fingerprint density at radius 1 is 1.16 bits per heavy atom.